The lowest BCUT2D eigenvalue weighted by molar-refractivity contribution is -0.120. The van der Waals surface area contributed by atoms with E-state index < -0.39 is 0 Å². The molecule has 1 saturated carbocycles. The van der Waals surface area contributed by atoms with Crippen LogP contribution in [0.4, 0.5) is 11.5 Å². The standard InChI is InChI=1S/C21H24N4O3/c26-21(24-16-5-6-18-19(10-16)28-9-8-27-18)15-2-1-7-25(12-15)20-11-17(14-3-4-14)22-13-23-20/h5-6,10-11,13-15H,1-4,7-9,12H2,(H,24,26)/t15-/m0/s1. The summed E-state index contributed by atoms with van der Waals surface area (Å²) < 4.78 is 11.1. The Labute approximate surface area is 164 Å². The number of carbonyl (C=O) groups is 1. The average Bonchev–Trinajstić information content (AvgIpc) is 3.59. The third-order valence-corrected chi connectivity index (χ3v) is 5.60. The topological polar surface area (TPSA) is 76.6 Å². The van der Waals surface area contributed by atoms with Gasteiger partial charge in [0, 0.05) is 42.5 Å². The van der Waals surface area contributed by atoms with E-state index in [9.17, 15) is 4.79 Å². The van der Waals surface area contributed by atoms with Gasteiger partial charge in [0.25, 0.3) is 0 Å². The van der Waals surface area contributed by atoms with Gasteiger partial charge in [-0.05, 0) is 37.8 Å². The number of ether oxygens (including phenoxy) is 2. The molecule has 2 fully saturated rings. The number of aromatic nitrogens is 2. The van der Waals surface area contributed by atoms with Crippen molar-refractivity contribution in [3.63, 3.8) is 0 Å². The number of nitrogens with zero attached hydrogens (tertiary/aromatic N) is 3. The van der Waals surface area contributed by atoms with E-state index in [1.54, 1.807) is 6.33 Å². The summed E-state index contributed by atoms with van der Waals surface area (Å²) in [5.41, 5.74) is 1.87. The minimum absolute atomic E-state index is 0.0397. The Morgan fingerprint density at radius 2 is 1.93 bits per heavy atom. The second-order valence-corrected chi connectivity index (χ2v) is 7.71. The summed E-state index contributed by atoms with van der Waals surface area (Å²) in [6.07, 6.45) is 5.95. The number of nitrogens with one attached hydrogen (secondary N) is 1. The monoisotopic (exact) mass is 380 g/mol. The number of hydrogen-bond donors (Lipinski definition) is 1. The molecule has 146 valence electrons. The third kappa shape index (κ3) is 3.61. The van der Waals surface area contributed by atoms with Crippen molar-refractivity contribution in [3.8, 4) is 11.5 Å². The van der Waals surface area contributed by atoms with Crippen molar-refractivity contribution >= 4 is 17.4 Å². The summed E-state index contributed by atoms with van der Waals surface area (Å²) in [5, 5.41) is 3.04. The van der Waals surface area contributed by atoms with Crippen LogP contribution in [0.15, 0.2) is 30.6 Å². The summed E-state index contributed by atoms with van der Waals surface area (Å²) in [6.45, 7) is 2.69. The van der Waals surface area contributed by atoms with Crippen LogP contribution in [-0.2, 0) is 4.79 Å². The van der Waals surface area contributed by atoms with E-state index in [2.05, 4.69) is 26.3 Å². The van der Waals surface area contributed by atoms with Crippen LogP contribution in [0.5, 0.6) is 11.5 Å². The minimum Gasteiger partial charge on any atom is -0.486 e. The van der Waals surface area contributed by atoms with Gasteiger partial charge in [0.05, 0.1) is 5.92 Å². The lowest BCUT2D eigenvalue weighted by Crippen LogP contribution is -2.41. The zero-order valence-electron chi connectivity index (χ0n) is 15.8. The van der Waals surface area contributed by atoms with Gasteiger partial charge in [-0.3, -0.25) is 4.79 Å². The average molecular weight is 380 g/mol. The Bertz CT molecular complexity index is 884. The largest absolute Gasteiger partial charge is 0.486 e. The Balaban J connectivity index is 1.26. The first-order valence-electron chi connectivity index (χ1n) is 10.0. The second-order valence-electron chi connectivity index (χ2n) is 7.71. The molecule has 0 bridgehead atoms. The van der Waals surface area contributed by atoms with E-state index in [0.717, 1.165) is 42.3 Å². The quantitative estimate of drug-likeness (QED) is 0.879. The molecule has 0 radical (unpaired) electrons. The first-order valence-corrected chi connectivity index (χ1v) is 10.0. The molecule has 3 aliphatic rings. The van der Waals surface area contributed by atoms with Gasteiger partial charge in [-0.1, -0.05) is 0 Å². The van der Waals surface area contributed by atoms with Gasteiger partial charge in [0.15, 0.2) is 11.5 Å². The van der Waals surface area contributed by atoms with Crippen molar-refractivity contribution in [1.82, 2.24) is 9.97 Å². The number of piperidine rings is 1. The molecule has 5 rings (SSSR count). The van der Waals surface area contributed by atoms with Gasteiger partial charge in [0.2, 0.25) is 5.91 Å². The maximum Gasteiger partial charge on any atom is 0.229 e. The van der Waals surface area contributed by atoms with Gasteiger partial charge in [-0.25, -0.2) is 9.97 Å². The Morgan fingerprint density at radius 3 is 2.79 bits per heavy atom. The summed E-state index contributed by atoms with van der Waals surface area (Å²) in [4.78, 5) is 23.9. The van der Waals surface area contributed by atoms with Crippen LogP contribution in [0.25, 0.3) is 0 Å². The minimum atomic E-state index is -0.0682. The fourth-order valence-electron chi connectivity index (χ4n) is 3.90. The molecule has 1 amide bonds. The molecule has 7 heteroatoms. The molecular formula is C21H24N4O3. The molecule has 28 heavy (non-hydrogen) atoms. The van der Waals surface area contributed by atoms with E-state index in [0.29, 0.717) is 31.4 Å². The molecule has 0 unspecified atom stereocenters. The van der Waals surface area contributed by atoms with Crippen LogP contribution in [0.1, 0.15) is 37.3 Å². The van der Waals surface area contributed by atoms with Crippen LogP contribution in [0.3, 0.4) is 0 Å². The molecule has 1 aromatic carbocycles. The zero-order chi connectivity index (χ0) is 18.9. The molecule has 2 aliphatic heterocycles. The molecule has 1 aliphatic carbocycles. The Kier molecular flexibility index (Phi) is 4.50. The summed E-state index contributed by atoms with van der Waals surface area (Å²) in [5.74, 6) is 2.92. The Hall–Kier alpha value is -2.83. The number of anilines is 2. The highest BCUT2D eigenvalue weighted by Crippen LogP contribution is 2.39. The molecular weight excluding hydrogens is 356 g/mol. The van der Waals surface area contributed by atoms with Gasteiger partial charge >= 0.3 is 0 Å². The van der Waals surface area contributed by atoms with E-state index in [1.165, 1.54) is 12.8 Å². The SMILES string of the molecule is O=C(Nc1ccc2c(c1)OCCO2)[C@H]1CCCN(c2cc(C3CC3)ncn2)C1. The van der Waals surface area contributed by atoms with Crippen molar-refractivity contribution in [3.05, 3.63) is 36.3 Å². The number of fused-ring (bicyclic) bond motifs is 1. The smallest absolute Gasteiger partial charge is 0.229 e. The number of rotatable bonds is 4. The van der Waals surface area contributed by atoms with Crippen molar-refractivity contribution in [2.24, 2.45) is 5.92 Å². The van der Waals surface area contributed by atoms with Crippen molar-refractivity contribution in [2.75, 3.05) is 36.5 Å². The highest BCUT2D eigenvalue weighted by atomic mass is 16.6. The van der Waals surface area contributed by atoms with E-state index in [-0.39, 0.29) is 11.8 Å². The molecule has 1 saturated heterocycles. The van der Waals surface area contributed by atoms with Crippen LogP contribution in [-0.4, -0.2) is 42.2 Å². The summed E-state index contributed by atoms with van der Waals surface area (Å²) in [6, 6.07) is 7.63. The van der Waals surface area contributed by atoms with Gasteiger partial charge in [0.1, 0.15) is 25.4 Å². The first kappa shape index (κ1) is 17.3. The molecule has 7 nitrogen and oxygen atoms in total. The fourth-order valence-corrected chi connectivity index (χ4v) is 3.90. The van der Waals surface area contributed by atoms with Crippen LogP contribution in [0.2, 0.25) is 0 Å². The van der Waals surface area contributed by atoms with Crippen molar-refractivity contribution < 1.29 is 14.3 Å². The first-order chi connectivity index (χ1) is 13.8. The van der Waals surface area contributed by atoms with Crippen molar-refractivity contribution in [2.45, 2.75) is 31.6 Å². The number of amides is 1. The third-order valence-electron chi connectivity index (χ3n) is 5.60. The lowest BCUT2D eigenvalue weighted by Gasteiger charge is -2.33. The maximum absolute atomic E-state index is 12.9. The van der Waals surface area contributed by atoms with Gasteiger partial charge in [-0.2, -0.15) is 0 Å². The molecule has 1 aromatic heterocycles. The number of benzene rings is 1. The van der Waals surface area contributed by atoms with E-state index in [1.807, 2.05) is 18.2 Å². The molecule has 0 spiro atoms. The van der Waals surface area contributed by atoms with Gasteiger partial charge < -0.3 is 19.7 Å². The van der Waals surface area contributed by atoms with Gasteiger partial charge in [-0.15, -0.1) is 0 Å². The van der Waals surface area contributed by atoms with E-state index in [4.69, 9.17) is 9.47 Å². The van der Waals surface area contributed by atoms with Crippen molar-refractivity contribution in [1.29, 1.82) is 0 Å². The highest BCUT2D eigenvalue weighted by molar-refractivity contribution is 5.93. The lowest BCUT2D eigenvalue weighted by atomic mass is 9.97. The predicted octanol–water partition coefficient (Wildman–Crippen LogP) is 2.98. The number of carbonyl (C=O) groups excluding carboxylic acids is 1. The predicted molar refractivity (Wildman–Crippen MR) is 105 cm³/mol. The highest BCUT2D eigenvalue weighted by Gasteiger charge is 2.29. The molecule has 3 heterocycles. The molecule has 2 aromatic rings. The Morgan fingerprint density at radius 1 is 1.07 bits per heavy atom. The maximum atomic E-state index is 12.9. The van der Waals surface area contributed by atoms with Crippen LogP contribution < -0.4 is 19.7 Å². The molecule has 1 N–H and O–H groups in total. The van der Waals surface area contributed by atoms with E-state index >= 15 is 0 Å². The fraction of sp³-hybridized carbons (Fsp3) is 0.476. The summed E-state index contributed by atoms with van der Waals surface area (Å²) >= 11 is 0. The second kappa shape index (κ2) is 7.30. The van der Waals surface area contributed by atoms with Crippen LogP contribution >= 0.6 is 0 Å². The molecule has 1 atom stereocenters. The summed E-state index contributed by atoms with van der Waals surface area (Å²) in [7, 11) is 0. The van der Waals surface area contributed by atoms with Crippen LogP contribution in [0, 0.1) is 5.92 Å². The normalized spacial score (nSPS) is 21.3. The number of hydrogen-bond acceptors (Lipinski definition) is 6. The zero-order valence-corrected chi connectivity index (χ0v) is 15.8.